The van der Waals surface area contributed by atoms with E-state index in [-0.39, 0.29) is 17.7 Å². The maximum absolute atomic E-state index is 13.0. The average molecular weight is 553 g/mol. The molecule has 2 N–H and O–H groups in total. The summed E-state index contributed by atoms with van der Waals surface area (Å²) in [6.45, 7) is 12.6. The standard InChI is InChI=1S/C32H36N6O3/c1-20(2)37-27-19-22(11-14-25(27)38-26-8-6-7-24(33)28(26)29(39)34-30(37)38)21-9-12-23(13-10-21)35-15-17-36(18-16-35)31(40)41-32(3,4)5/h6-14,19-20H,15-18,33H2,1-5H3. The molecule has 1 aliphatic rings. The van der Waals surface area contributed by atoms with Gasteiger partial charge in [0.1, 0.15) is 5.60 Å². The quantitative estimate of drug-likeness (QED) is 0.289. The van der Waals surface area contributed by atoms with E-state index in [4.69, 9.17) is 10.5 Å². The Hall–Kier alpha value is -4.53. The van der Waals surface area contributed by atoms with Crippen molar-refractivity contribution in [1.29, 1.82) is 0 Å². The van der Waals surface area contributed by atoms with Gasteiger partial charge < -0.3 is 24.8 Å². The van der Waals surface area contributed by atoms with Crippen LogP contribution in [0, 0.1) is 0 Å². The lowest BCUT2D eigenvalue weighted by Gasteiger charge is -2.36. The molecule has 1 fully saturated rings. The Balaban J connectivity index is 1.31. The molecule has 0 aliphatic carbocycles. The fourth-order valence-corrected chi connectivity index (χ4v) is 5.72. The van der Waals surface area contributed by atoms with Crippen LogP contribution in [0.2, 0.25) is 0 Å². The van der Waals surface area contributed by atoms with Crippen molar-refractivity contribution in [2.75, 3.05) is 36.8 Å². The van der Waals surface area contributed by atoms with Gasteiger partial charge in [0.25, 0.3) is 5.56 Å². The lowest BCUT2D eigenvalue weighted by Crippen LogP contribution is -2.50. The Morgan fingerprint density at radius 3 is 2.24 bits per heavy atom. The van der Waals surface area contributed by atoms with E-state index in [9.17, 15) is 9.59 Å². The van der Waals surface area contributed by atoms with E-state index < -0.39 is 5.60 Å². The van der Waals surface area contributed by atoms with Crippen LogP contribution in [0.3, 0.4) is 0 Å². The van der Waals surface area contributed by atoms with Gasteiger partial charge >= 0.3 is 6.09 Å². The van der Waals surface area contributed by atoms with Crippen molar-refractivity contribution in [3.05, 3.63) is 71.0 Å². The number of imidazole rings is 1. The number of nitrogen functional groups attached to an aromatic ring is 1. The molecular weight excluding hydrogens is 516 g/mol. The summed E-state index contributed by atoms with van der Waals surface area (Å²) < 4.78 is 9.67. The predicted molar refractivity (Wildman–Crippen MR) is 165 cm³/mol. The van der Waals surface area contributed by atoms with Crippen LogP contribution in [0.5, 0.6) is 0 Å². The molecule has 0 atom stereocenters. The summed E-state index contributed by atoms with van der Waals surface area (Å²) in [4.78, 5) is 34.0. The molecule has 41 heavy (non-hydrogen) atoms. The summed E-state index contributed by atoms with van der Waals surface area (Å²) in [7, 11) is 0. The van der Waals surface area contributed by atoms with Gasteiger partial charge in [0.2, 0.25) is 5.78 Å². The van der Waals surface area contributed by atoms with Gasteiger partial charge in [0.15, 0.2) is 0 Å². The van der Waals surface area contributed by atoms with Gasteiger partial charge in [-0.25, -0.2) is 4.79 Å². The molecule has 5 aromatic rings. The van der Waals surface area contributed by atoms with E-state index in [2.05, 4.69) is 70.8 Å². The van der Waals surface area contributed by atoms with E-state index in [0.717, 1.165) is 46.5 Å². The van der Waals surface area contributed by atoms with Crippen LogP contribution in [0.15, 0.2) is 65.5 Å². The normalized spacial score (nSPS) is 14.5. The molecule has 6 rings (SSSR count). The fourth-order valence-electron chi connectivity index (χ4n) is 5.72. The second kappa shape index (κ2) is 9.83. The van der Waals surface area contributed by atoms with E-state index in [1.807, 2.05) is 37.3 Å². The van der Waals surface area contributed by atoms with Crippen LogP contribution in [0.25, 0.3) is 38.8 Å². The molecule has 2 aromatic heterocycles. The smallest absolute Gasteiger partial charge is 0.410 e. The zero-order chi connectivity index (χ0) is 29.1. The number of hydrogen-bond acceptors (Lipinski definition) is 6. The number of nitrogens with two attached hydrogens (primary N) is 1. The first-order valence-corrected chi connectivity index (χ1v) is 14.1. The number of fused-ring (bicyclic) bond motifs is 5. The third-order valence-corrected chi connectivity index (χ3v) is 7.64. The van der Waals surface area contributed by atoms with Gasteiger partial charge in [-0.2, -0.15) is 4.98 Å². The molecule has 9 nitrogen and oxygen atoms in total. The summed E-state index contributed by atoms with van der Waals surface area (Å²) in [5.41, 5.74) is 11.8. The number of nitrogens with zero attached hydrogens (tertiary/aromatic N) is 5. The number of carbonyl (C=O) groups is 1. The van der Waals surface area contributed by atoms with Crippen LogP contribution in [0.4, 0.5) is 16.2 Å². The van der Waals surface area contributed by atoms with Crippen molar-refractivity contribution in [2.45, 2.75) is 46.3 Å². The number of piperazine rings is 1. The lowest BCUT2D eigenvalue weighted by molar-refractivity contribution is 0.0240. The number of hydrogen-bond donors (Lipinski definition) is 1. The minimum Gasteiger partial charge on any atom is -0.444 e. The van der Waals surface area contributed by atoms with Crippen molar-refractivity contribution < 1.29 is 9.53 Å². The molecule has 3 heterocycles. The molecular formula is C32H36N6O3. The minimum absolute atomic E-state index is 0.0879. The number of rotatable bonds is 3. The van der Waals surface area contributed by atoms with E-state index in [1.54, 1.807) is 11.0 Å². The molecule has 1 saturated heterocycles. The molecule has 212 valence electrons. The summed E-state index contributed by atoms with van der Waals surface area (Å²) in [5, 5.41) is 0.444. The van der Waals surface area contributed by atoms with Gasteiger partial charge in [-0.15, -0.1) is 0 Å². The highest BCUT2D eigenvalue weighted by molar-refractivity contribution is 5.96. The Morgan fingerprint density at radius 2 is 1.59 bits per heavy atom. The van der Waals surface area contributed by atoms with E-state index >= 15 is 0 Å². The first-order valence-electron chi connectivity index (χ1n) is 14.1. The maximum atomic E-state index is 13.0. The van der Waals surface area contributed by atoms with Crippen LogP contribution < -0.4 is 16.2 Å². The second-order valence-electron chi connectivity index (χ2n) is 12.0. The number of benzene rings is 3. The maximum Gasteiger partial charge on any atom is 0.410 e. The number of amides is 1. The molecule has 0 bridgehead atoms. The molecule has 0 radical (unpaired) electrons. The monoisotopic (exact) mass is 552 g/mol. The van der Waals surface area contributed by atoms with Gasteiger partial charge in [-0.3, -0.25) is 9.20 Å². The molecule has 3 aromatic carbocycles. The van der Waals surface area contributed by atoms with Gasteiger partial charge in [0.05, 0.1) is 21.9 Å². The summed E-state index contributed by atoms with van der Waals surface area (Å²) in [5.74, 6) is 0.608. The van der Waals surface area contributed by atoms with Crippen molar-refractivity contribution in [1.82, 2.24) is 18.9 Å². The Labute approximate surface area is 238 Å². The van der Waals surface area contributed by atoms with Crippen LogP contribution in [-0.4, -0.2) is 56.7 Å². The largest absolute Gasteiger partial charge is 0.444 e. The highest BCUT2D eigenvalue weighted by Gasteiger charge is 2.26. The predicted octanol–water partition coefficient (Wildman–Crippen LogP) is 5.69. The van der Waals surface area contributed by atoms with E-state index in [0.29, 0.717) is 29.9 Å². The van der Waals surface area contributed by atoms with Gasteiger partial charge in [-0.05, 0) is 82.1 Å². The lowest BCUT2D eigenvalue weighted by atomic mass is 10.0. The van der Waals surface area contributed by atoms with E-state index in [1.165, 1.54) is 0 Å². The van der Waals surface area contributed by atoms with Crippen LogP contribution >= 0.6 is 0 Å². The number of ether oxygens (including phenoxy) is 1. The third kappa shape index (κ3) is 4.75. The molecule has 0 saturated carbocycles. The molecule has 0 spiro atoms. The SMILES string of the molecule is CC(C)n1c2cc(-c3ccc(N4CCN(C(=O)OC(C)(C)C)CC4)cc3)ccc2n2c3cccc(N)c3c(=O)nc12. The Kier molecular flexibility index (Phi) is 6.40. The fraction of sp³-hybridized carbons (Fsp3) is 0.344. The van der Waals surface area contributed by atoms with Crippen molar-refractivity contribution in [3.8, 4) is 11.1 Å². The number of carbonyl (C=O) groups excluding carboxylic acids is 1. The molecule has 1 aliphatic heterocycles. The number of aromatic nitrogens is 3. The van der Waals surface area contributed by atoms with Gasteiger partial charge in [0, 0.05) is 43.6 Å². The topological polar surface area (TPSA) is 98.1 Å². The summed E-state index contributed by atoms with van der Waals surface area (Å²) in [6, 6.07) is 20.5. The van der Waals surface area contributed by atoms with Crippen LogP contribution in [-0.2, 0) is 4.74 Å². The Bertz CT molecular complexity index is 1840. The van der Waals surface area contributed by atoms with Crippen molar-refractivity contribution >= 4 is 45.2 Å². The molecule has 0 unspecified atom stereocenters. The van der Waals surface area contributed by atoms with Crippen LogP contribution in [0.1, 0.15) is 40.7 Å². The summed E-state index contributed by atoms with van der Waals surface area (Å²) >= 11 is 0. The first-order chi connectivity index (χ1) is 19.5. The minimum atomic E-state index is -0.493. The zero-order valence-electron chi connectivity index (χ0n) is 24.2. The second-order valence-corrected chi connectivity index (χ2v) is 12.0. The first kappa shape index (κ1) is 26.7. The summed E-state index contributed by atoms with van der Waals surface area (Å²) in [6.07, 6.45) is -0.252. The molecule has 1 amide bonds. The highest BCUT2D eigenvalue weighted by Crippen LogP contribution is 2.32. The Morgan fingerprint density at radius 1 is 0.902 bits per heavy atom. The van der Waals surface area contributed by atoms with Crippen molar-refractivity contribution in [2.24, 2.45) is 0 Å². The van der Waals surface area contributed by atoms with Crippen molar-refractivity contribution in [3.63, 3.8) is 0 Å². The molecule has 9 heteroatoms. The third-order valence-electron chi connectivity index (χ3n) is 7.64. The highest BCUT2D eigenvalue weighted by atomic mass is 16.6. The number of anilines is 2. The van der Waals surface area contributed by atoms with Gasteiger partial charge in [-0.1, -0.05) is 24.3 Å². The average Bonchev–Trinajstić information content (AvgIpc) is 3.26. The zero-order valence-corrected chi connectivity index (χ0v) is 24.2.